The van der Waals surface area contributed by atoms with Crippen molar-refractivity contribution < 1.29 is 9.00 Å². The molecule has 0 radical (unpaired) electrons. The summed E-state index contributed by atoms with van der Waals surface area (Å²) in [5.74, 6) is 0.601. The van der Waals surface area contributed by atoms with Crippen molar-refractivity contribution in [1.29, 1.82) is 0 Å². The van der Waals surface area contributed by atoms with E-state index in [0.717, 1.165) is 24.8 Å². The third-order valence-corrected chi connectivity index (χ3v) is 6.29. The van der Waals surface area contributed by atoms with Gasteiger partial charge in [0.15, 0.2) is 0 Å². The van der Waals surface area contributed by atoms with Crippen LogP contribution < -0.4 is 4.72 Å². The summed E-state index contributed by atoms with van der Waals surface area (Å²) >= 11 is 0. The van der Waals surface area contributed by atoms with E-state index in [1.165, 1.54) is 0 Å². The van der Waals surface area contributed by atoms with Crippen LogP contribution in [0.25, 0.3) is 0 Å². The molecular formula is C19H29NO2S. The first-order valence-electron chi connectivity index (χ1n) is 8.60. The van der Waals surface area contributed by atoms with E-state index in [2.05, 4.69) is 11.6 Å². The first-order chi connectivity index (χ1) is 10.8. The lowest BCUT2D eigenvalue weighted by Crippen LogP contribution is -2.44. The van der Waals surface area contributed by atoms with Gasteiger partial charge in [0.05, 0.1) is 21.8 Å². The van der Waals surface area contributed by atoms with Crippen molar-refractivity contribution in [1.82, 2.24) is 4.72 Å². The summed E-state index contributed by atoms with van der Waals surface area (Å²) in [6.45, 7) is 8.02. The van der Waals surface area contributed by atoms with E-state index in [4.69, 9.17) is 0 Å². The van der Waals surface area contributed by atoms with E-state index in [1.54, 1.807) is 0 Å². The summed E-state index contributed by atoms with van der Waals surface area (Å²) < 4.78 is 15.6. The second-order valence-corrected chi connectivity index (χ2v) is 9.44. The molecule has 23 heavy (non-hydrogen) atoms. The summed E-state index contributed by atoms with van der Waals surface area (Å²) in [6, 6.07) is 9.84. The largest absolute Gasteiger partial charge is 0.299 e. The summed E-state index contributed by atoms with van der Waals surface area (Å²) in [5, 5.41) is 0. The smallest absolute Gasteiger partial charge is 0.138 e. The minimum atomic E-state index is -1.20. The maximum absolute atomic E-state index is 12.7. The van der Waals surface area contributed by atoms with E-state index >= 15 is 0 Å². The maximum Gasteiger partial charge on any atom is 0.138 e. The van der Waals surface area contributed by atoms with Crippen LogP contribution in [-0.2, 0) is 15.8 Å². The lowest BCUT2D eigenvalue weighted by atomic mass is 9.72. The van der Waals surface area contributed by atoms with Crippen LogP contribution in [0.1, 0.15) is 65.0 Å². The second kappa shape index (κ2) is 7.71. The minimum Gasteiger partial charge on any atom is -0.299 e. The number of ketones is 1. The molecular weight excluding hydrogens is 306 g/mol. The van der Waals surface area contributed by atoms with E-state index in [-0.39, 0.29) is 16.7 Å². The predicted octanol–water partition coefficient (Wildman–Crippen LogP) is 4.17. The molecule has 2 rings (SSSR count). The van der Waals surface area contributed by atoms with Gasteiger partial charge >= 0.3 is 0 Å². The van der Waals surface area contributed by atoms with Crippen molar-refractivity contribution in [3.05, 3.63) is 35.9 Å². The molecule has 1 aromatic carbocycles. The first kappa shape index (κ1) is 18.3. The van der Waals surface area contributed by atoms with Gasteiger partial charge in [-0.25, -0.2) is 8.93 Å². The maximum atomic E-state index is 12.7. The molecule has 1 fully saturated rings. The molecule has 1 aliphatic rings. The lowest BCUT2D eigenvalue weighted by Gasteiger charge is -2.37. The van der Waals surface area contributed by atoms with Crippen molar-refractivity contribution >= 4 is 16.8 Å². The lowest BCUT2D eigenvalue weighted by molar-refractivity contribution is -0.127. The minimum absolute atomic E-state index is 0.0811. The normalized spacial score (nSPS) is 25.1. The molecule has 1 aromatic rings. The van der Waals surface area contributed by atoms with Crippen molar-refractivity contribution in [2.24, 2.45) is 11.8 Å². The standard InChI is InChI=1S/C19H29NO2S/c1-5-14-12-9-13-16(21)17(14)18(15-10-7-6-8-11-15)20-23(22)19(2,3)4/h6-8,10-11,14,17-18,20H,5,9,12-13H2,1-4H3/t14-,17+,18+,23+/m0/s1. The molecule has 0 aromatic heterocycles. The zero-order chi connectivity index (χ0) is 17.0. The molecule has 4 heteroatoms. The van der Waals surface area contributed by atoms with Crippen LogP contribution >= 0.6 is 0 Å². The van der Waals surface area contributed by atoms with Crippen LogP contribution in [-0.4, -0.2) is 14.7 Å². The highest BCUT2D eigenvalue weighted by Gasteiger charge is 2.39. The quantitative estimate of drug-likeness (QED) is 0.877. The Bertz CT molecular complexity index is 550. The third-order valence-electron chi connectivity index (χ3n) is 4.71. The Kier molecular flexibility index (Phi) is 6.15. The van der Waals surface area contributed by atoms with Crippen molar-refractivity contribution in [2.45, 2.75) is 64.2 Å². The first-order valence-corrected chi connectivity index (χ1v) is 9.75. The summed E-state index contributed by atoms with van der Waals surface area (Å²) in [4.78, 5) is 12.7. The van der Waals surface area contributed by atoms with E-state index < -0.39 is 11.0 Å². The van der Waals surface area contributed by atoms with Gasteiger partial charge in [-0.1, -0.05) is 43.7 Å². The van der Waals surface area contributed by atoms with E-state index in [9.17, 15) is 9.00 Å². The Hall–Kier alpha value is -1.00. The zero-order valence-corrected chi connectivity index (χ0v) is 15.5. The van der Waals surface area contributed by atoms with Gasteiger partial charge in [-0.2, -0.15) is 0 Å². The van der Waals surface area contributed by atoms with Gasteiger partial charge in [0.25, 0.3) is 0 Å². The van der Waals surface area contributed by atoms with Gasteiger partial charge in [-0.3, -0.25) is 4.79 Å². The molecule has 1 N–H and O–H groups in total. The average molecular weight is 336 g/mol. The molecule has 3 nitrogen and oxygen atoms in total. The summed E-state index contributed by atoms with van der Waals surface area (Å²) in [6.07, 6.45) is 3.70. The number of nitrogens with one attached hydrogen (secondary N) is 1. The molecule has 0 aliphatic heterocycles. The number of carbonyl (C=O) groups excluding carboxylic acids is 1. The molecule has 0 spiro atoms. The SMILES string of the molecule is CC[C@H]1CCCC(=O)[C@@H]1[C@H](N[S@](=O)C(C)(C)C)c1ccccc1. The molecule has 1 aliphatic carbocycles. The third kappa shape index (κ3) is 4.51. The number of rotatable bonds is 5. The number of hydrogen-bond donors (Lipinski definition) is 1. The molecule has 0 heterocycles. The topological polar surface area (TPSA) is 46.2 Å². The fourth-order valence-electron chi connectivity index (χ4n) is 3.36. The predicted molar refractivity (Wildman–Crippen MR) is 96.3 cm³/mol. The van der Waals surface area contributed by atoms with Crippen LogP contribution in [0.4, 0.5) is 0 Å². The Balaban J connectivity index is 2.36. The Labute approximate surface area is 142 Å². The number of hydrogen-bond acceptors (Lipinski definition) is 2. The second-order valence-electron chi connectivity index (χ2n) is 7.44. The molecule has 128 valence electrons. The number of carbonyl (C=O) groups is 1. The molecule has 0 unspecified atom stereocenters. The monoisotopic (exact) mass is 335 g/mol. The van der Waals surface area contributed by atoms with Crippen molar-refractivity contribution in [3.8, 4) is 0 Å². The fraction of sp³-hybridized carbons (Fsp3) is 0.632. The van der Waals surface area contributed by atoms with Gasteiger partial charge in [0.1, 0.15) is 5.78 Å². The molecule has 1 saturated carbocycles. The Morgan fingerprint density at radius 1 is 1.26 bits per heavy atom. The zero-order valence-electron chi connectivity index (χ0n) is 14.7. The van der Waals surface area contributed by atoms with E-state index in [0.29, 0.717) is 18.1 Å². The van der Waals surface area contributed by atoms with Crippen molar-refractivity contribution in [3.63, 3.8) is 0 Å². The highest BCUT2D eigenvalue weighted by Crippen LogP contribution is 2.39. The molecule has 0 bridgehead atoms. The van der Waals surface area contributed by atoms with E-state index in [1.807, 2.05) is 51.1 Å². The van der Waals surface area contributed by atoms with Crippen LogP contribution in [0.3, 0.4) is 0 Å². The molecule has 4 atom stereocenters. The van der Waals surface area contributed by atoms with Crippen LogP contribution in [0.5, 0.6) is 0 Å². The average Bonchev–Trinajstić information content (AvgIpc) is 2.52. The Morgan fingerprint density at radius 3 is 2.48 bits per heavy atom. The van der Waals surface area contributed by atoms with Crippen LogP contribution in [0.15, 0.2) is 30.3 Å². The highest BCUT2D eigenvalue weighted by atomic mass is 32.2. The van der Waals surface area contributed by atoms with Gasteiger partial charge in [0.2, 0.25) is 0 Å². The van der Waals surface area contributed by atoms with Gasteiger partial charge in [-0.05, 0) is 45.1 Å². The number of Topliss-reactive ketones (excluding diaryl/α,β-unsaturated/α-hetero) is 1. The summed E-state index contributed by atoms with van der Waals surface area (Å²) in [5.41, 5.74) is 1.06. The highest BCUT2D eigenvalue weighted by molar-refractivity contribution is 7.84. The number of benzene rings is 1. The fourth-order valence-corrected chi connectivity index (χ4v) is 4.23. The van der Waals surface area contributed by atoms with Crippen molar-refractivity contribution in [2.75, 3.05) is 0 Å². The van der Waals surface area contributed by atoms with Gasteiger partial charge in [-0.15, -0.1) is 0 Å². The van der Waals surface area contributed by atoms with Crippen LogP contribution in [0.2, 0.25) is 0 Å². The molecule has 0 amide bonds. The van der Waals surface area contributed by atoms with Gasteiger partial charge in [0, 0.05) is 12.3 Å². The van der Waals surface area contributed by atoms with Gasteiger partial charge < -0.3 is 0 Å². The van der Waals surface area contributed by atoms with Crippen LogP contribution in [0, 0.1) is 11.8 Å². The Morgan fingerprint density at radius 2 is 1.91 bits per heavy atom. The summed E-state index contributed by atoms with van der Waals surface area (Å²) in [7, 11) is -1.20. The molecule has 0 saturated heterocycles.